The third kappa shape index (κ3) is 9.43. The SMILES string of the molecule is CO[Si](CCCNC(=O)c1c2c(c(C(c3c4c(c(C(=O)O)c5c3SC(C)(C)S5)SC(C)(C)S4)c3c4c(c(C(=O)O)c5c3SC(C)(C)S5)SC(C)(C)S4)c3c1SC(C)(C)S3)SC(C)(C)S2)(OC)OC. The van der Waals surface area contributed by atoms with Gasteiger partial charge in [0.15, 0.2) is 0 Å². The van der Waals surface area contributed by atoms with Gasteiger partial charge in [-0.2, -0.15) is 0 Å². The van der Waals surface area contributed by atoms with Gasteiger partial charge in [0, 0.05) is 98.6 Å². The molecule has 0 radical (unpaired) electrons. The van der Waals surface area contributed by atoms with Crippen LogP contribution in [0.3, 0.4) is 0 Å². The summed E-state index contributed by atoms with van der Waals surface area (Å²) in [5.41, 5.74) is 4.76. The molecule has 0 bridgehead atoms. The van der Waals surface area contributed by atoms with Crippen molar-refractivity contribution in [1.82, 2.24) is 5.32 Å². The predicted molar refractivity (Wildman–Crippen MR) is 297 cm³/mol. The second-order valence-electron chi connectivity index (χ2n) is 19.6. The Labute approximate surface area is 452 Å². The number of nitrogens with one attached hydrogen (secondary N) is 1. The van der Waals surface area contributed by atoms with Crippen molar-refractivity contribution in [2.75, 3.05) is 27.9 Å². The van der Waals surface area contributed by atoms with E-state index >= 15 is 4.79 Å². The van der Waals surface area contributed by atoms with Crippen LogP contribution in [-0.2, 0) is 13.3 Å². The van der Waals surface area contributed by atoms with Crippen LogP contribution in [-0.4, -0.2) is 89.2 Å². The van der Waals surface area contributed by atoms with Crippen LogP contribution in [0, 0.1) is 0 Å². The molecule has 368 valence electrons. The molecule has 0 unspecified atom stereocenters. The molecule has 0 atom stereocenters. The lowest BCUT2D eigenvalue weighted by Crippen LogP contribution is -2.43. The predicted octanol–water partition coefficient (Wildman–Crippen LogP) is 15.9. The van der Waals surface area contributed by atoms with Gasteiger partial charge in [0.05, 0.1) is 41.2 Å². The number of carbonyl (C=O) groups is 3. The molecule has 22 heteroatoms. The second kappa shape index (κ2) is 18.3. The van der Waals surface area contributed by atoms with Gasteiger partial charge in [-0.05, 0) is 106 Å². The highest BCUT2D eigenvalue weighted by Crippen LogP contribution is 2.75. The molecule has 3 N–H and O–H groups in total. The van der Waals surface area contributed by atoms with Gasteiger partial charge in [0.1, 0.15) is 0 Å². The molecule has 1 amide bonds. The van der Waals surface area contributed by atoms with Crippen molar-refractivity contribution in [1.29, 1.82) is 0 Å². The molecule has 0 aliphatic carbocycles. The molecule has 0 spiro atoms. The van der Waals surface area contributed by atoms with Crippen molar-refractivity contribution in [3.05, 3.63) is 33.4 Å². The van der Waals surface area contributed by atoms with E-state index in [2.05, 4.69) is 88.4 Å². The van der Waals surface area contributed by atoms with Crippen LogP contribution in [0.4, 0.5) is 0 Å². The number of carboxylic acid groups (broad SMARTS) is 2. The average molecular weight is 1160 g/mol. The second-order valence-corrected chi connectivity index (χ2v) is 43.9. The normalized spacial score (nSPS) is 21.4. The molecule has 68 heavy (non-hydrogen) atoms. The summed E-state index contributed by atoms with van der Waals surface area (Å²) < 4.78 is 14.9. The number of amides is 1. The Hall–Kier alpha value is 0.367. The largest absolute Gasteiger partial charge is 0.500 e. The molecule has 0 aromatic heterocycles. The topological polar surface area (TPSA) is 131 Å². The Bertz CT molecular complexity index is 2480. The highest BCUT2D eigenvalue weighted by atomic mass is 32.2. The number of carbonyl (C=O) groups excluding carboxylic acids is 1. The van der Waals surface area contributed by atoms with Crippen LogP contribution in [0.15, 0.2) is 58.7 Å². The third-order valence-corrected chi connectivity index (χ3v) is 31.6. The summed E-state index contributed by atoms with van der Waals surface area (Å²) in [4.78, 5) is 53.6. The van der Waals surface area contributed by atoms with Gasteiger partial charge in [-0.3, -0.25) is 4.79 Å². The van der Waals surface area contributed by atoms with E-state index in [1.807, 2.05) is 0 Å². The lowest BCUT2D eigenvalue weighted by molar-refractivity contribution is 0.0677. The number of fused-ring (bicyclic) bond motifs is 6. The summed E-state index contributed by atoms with van der Waals surface area (Å²) in [6.45, 7) is 26.7. The molecule has 6 aliphatic heterocycles. The van der Waals surface area contributed by atoms with E-state index in [0.717, 1.165) is 75.4 Å². The van der Waals surface area contributed by atoms with E-state index in [-0.39, 0.29) is 30.4 Å². The van der Waals surface area contributed by atoms with E-state index < -0.39 is 26.7 Å². The van der Waals surface area contributed by atoms with Gasteiger partial charge >= 0.3 is 20.7 Å². The average Bonchev–Trinajstić information content (AvgIpc) is 4.02. The molecule has 0 fully saturated rings. The first-order chi connectivity index (χ1) is 31.5. The van der Waals surface area contributed by atoms with Crippen LogP contribution in [0.2, 0.25) is 6.04 Å². The third-order valence-electron chi connectivity index (χ3n) is 11.6. The Kier molecular flexibility index (Phi) is 14.3. The fourth-order valence-corrected chi connectivity index (χ4v) is 28.9. The number of aromatic carboxylic acids is 2. The zero-order valence-corrected chi connectivity index (χ0v) is 51.2. The minimum atomic E-state index is -2.86. The summed E-state index contributed by atoms with van der Waals surface area (Å²) in [7, 11) is 1.95. The molecule has 0 saturated heterocycles. The molecule has 9 rings (SSSR count). The summed E-state index contributed by atoms with van der Waals surface area (Å²) in [5, 5.41) is 25.7. The summed E-state index contributed by atoms with van der Waals surface area (Å²) >= 11 is 20.6. The van der Waals surface area contributed by atoms with Crippen LogP contribution in [0.25, 0.3) is 0 Å². The lowest BCUT2D eigenvalue weighted by Gasteiger charge is -2.32. The van der Waals surface area contributed by atoms with E-state index in [9.17, 15) is 19.8 Å². The number of rotatable bonds is 13. The fraction of sp³-hybridized carbons (Fsp3) is 0.543. The van der Waals surface area contributed by atoms with Crippen LogP contribution >= 0.6 is 141 Å². The molecule has 6 heterocycles. The zero-order valence-electron chi connectivity index (χ0n) is 40.4. The molecule has 3 aromatic rings. The Morgan fingerprint density at radius 2 is 0.676 bits per heavy atom. The fourth-order valence-electron chi connectivity index (χ4n) is 9.27. The van der Waals surface area contributed by atoms with Gasteiger partial charge in [-0.25, -0.2) is 9.59 Å². The summed E-state index contributed by atoms with van der Waals surface area (Å²) in [5.74, 6) is -2.43. The first-order valence-corrected chi connectivity index (χ1v) is 33.6. The summed E-state index contributed by atoms with van der Waals surface area (Å²) in [6, 6.07) is 0.550. The van der Waals surface area contributed by atoms with Crippen LogP contribution in [0.5, 0.6) is 0 Å². The monoisotopic (exact) mass is 1160 g/mol. The summed E-state index contributed by atoms with van der Waals surface area (Å²) in [6.07, 6.45) is 0.611. The zero-order chi connectivity index (χ0) is 49.6. The maximum atomic E-state index is 15.1. The standard InChI is InChI=1S/C46H55NO8S12Si/c1-41(2)56-26-20(27-33(63-42(3,4)57-27)23(32(26)62-41)38(48)47-17-16-18-68(53-13,54-14)55-15)19(21-28-34(64-43(5,6)58-28)24(39(49)50)35-29(21)59-44(7,8)65-35)22-30-36(66-45(9,10)60-30)25(40(51)52)37-31(22)61-46(11,12)67-37/h19H,16-18H2,1-15H3,(H,47,48)(H,49,50)(H,51,52). The van der Waals surface area contributed by atoms with Crippen molar-refractivity contribution < 1.29 is 37.9 Å². The first kappa shape index (κ1) is 53.2. The first-order valence-electron chi connectivity index (χ1n) is 21.9. The minimum Gasteiger partial charge on any atom is -0.478 e. The molecule has 6 aliphatic rings. The molecular formula is C46H55NO8S12Si. The van der Waals surface area contributed by atoms with Crippen molar-refractivity contribution >= 4 is 168 Å². The Morgan fingerprint density at radius 3 is 0.912 bits per heavy atom. The van der Waals surface area contributed by atoms with Gasteiger partial charge < -0.3 is 28.8 Å². The molecule has 9 nitrogen and oxygen atoms in total. The highest BCUT2D eigenvalue weighted by Gasteiger charge is 2.53. The van der Waals surface area contributed by atoms with E-state index in [1.165, 1.54) is 0 Å². The van der Waals surface area contributed by atoms with Crippen LogP contribution in [0.1, 0.15) is 143 Å². The highest BCUT2D eigenvalue weighted by molar-refractivity contribution is 8.23. The van der Waals surface area contributed by atoms with Gasteiger partial charge in [0.25, 0.3) is 5.91 Å². The lowest BCUT2D eigenvalue weighted by atomic mass is 9.83. The number of thioether (sulfide) groups is 12. The Balaban J connectivity index is 1.40. The van der Waals surface area contributed by atoms with E-state index in [4.69, 9.17) is 13.3 Å². The van der Waals surface area contributed by atoms with E-state index in [1.54, 1.807) is 162 Å². The molecule has 0 saturated carbocycles. The number of benzene rings is 3. The van der Waals surface area contributed by atoms with Crippen molar-refractivity contribution in [3.63, 3.8) is 0 Å². The molecule has 3 aromatic carbocycles. The number of hydrogen-bond donors (Lipinski definition) is 3. The van der Waals surface area contributed by atoms with Crippen LogP contribution < -0.4 is 5.32 Å². The maximum Gasteiger partial charge on any atom is 0.500 e. The smallest absolute Gasteiger partial charge is 0.478 e. The van der Waals surface area contributed by atoms with Crippen molar-refractivity contribution in [2.24, 2.45) is 0 Å². The van der Waals surface area contributed by atoms with Gasteiger partial charge in [-0.1, -0.05) is 0 Å². The van der Waals surface area contributed by atoms with Crippen molar-refractivity contribution in [2.45, 2.75) is 185 Å². The number of carboxylic acids is 2. The van der Waals surface area contributed by atoms with Crippen molar-refractivity contribution in [3.8, 4) is 0 Å². The maximum absolute atomic E-state index is 15.1. The quantitative estimate of drug-likeness (QED) is 0.0851. The Morgan fingerprint density at radius 1 is 0.441 bits per heavy atom. The molecular weight excluding hydrogens is 1110 g/mol. The minimum absolute atomic E-state index is 0.123. The number of hydrogen-bond acceptors (Lipinski definition) is 18. The van der Waals surface area contributed by atoms with Gasteiger partial charge in [0.2, 0.25) is 0 Å². The van der Waals surface area contributed by atoms with E-state index in [0.29, 0.717) is 35.7 Å². The van der Waals surface area contributed by atoms with Gasteiger partial charge in [-0.15, -0.1) is 141 Å².